The Bertz CT molecular complexity index is 651. The molecule has 0 bridgehead atoms. The van der Waals surface area contributed by atoms with Crippen molar-refractivity contribution in [1.29, 1.82) is 0 Å². The summed E-state index contributed by atoms with van der Waals surface area (Å²) in [5.41, 5.74) is 1.95. The number of ether oxygens (including phenoxy) is 3. The number of phenols is 2. The van der Waals surface area contributed by atoms with Crippen molar-refractivity contribution in [2.24, 2.45) is 0 Å². The van der Waals surface area contributed by atoms with E-state index in [-0.39, 0.29) is 17.6 Å². The molecule has 0 saturated carbocycles. The topological polar surface area (TPSA) is 68.2 Å². The molecule has 0 spiro atoms. The Morgan fingerprint density at radius 3 is 2.64 bits per heavy atom. The van der Waals surface area contributed by atoms with E-state index in [2.05, 4.69) is 0 Å². The van der Waals surface area contributed by atoms with E-state index in [9.17, 15) is 10.2 Å². The highest BCUT2D eigenvalue weighted by Crippen LogP contribution is 2.41. The fraction of sp³-hybridized carbons (Fsp3) is 0.294. The predicted octanol–water partition coefficient (Wildman–Crippen LogP) is 2.63. The lowest BCUT2D eigenvalue weighted by Crippen LogP contribution is -2.28. The molecule has 0 aliphatic carbocycles. The number of aromatic hydroxyl groups is 2. The summed E-state index contributed by atoms with van der Waals surface area (Å²) >= 11 is 0. The van der Waals surface area contributed by atoms with Crippen molar-refractivity contribution in [2.75, 3.05) is 13.7 Å². The van der Waals surface area contributed by atoms with Gasteiger partial charge in [0.2, 0.25) is 5.75 Å². The third kappa shape index (κ3) is 2.94. The van der Waals surface area contributed by atoms with Gasteiger partial charge in [0.1, 0.15) is 12.4 Å². The number of hydrogen-bond acceptors (Lipinski definition) is 5. The van der Waals surface area contributed by atoms with Gasteiger partial charge in [-0.2, -0.15) is 0 Å². The van der Waals surface area contributed by atoms with Crippen molar-refractivity contribution in [3.63, 3.8) is 0 Å². The van der Waals surface area contributed by atoms with E-state index in [0.717, 1.165) is 11.1 Å². The number of hydrogen-bond donors (Lipinski definition) is 2. The van der Waals surface area contributed by atoms with Gasteiger partial charge >= 0.3 is 0 Å². The predicted molar refractivity (Wildman–Crippen MR) is 80.5 cm³/mol. The minimum Gasteiger partial charge on any atom is -0.508 e. The molecule has 0 amide bonds. The summed E-state index contributed by atoms with van der Waals surface area (Å²) in [5, 5.41) is 19.0. The SMILES string of the molecule is COc1c(O)ccc2c1OC[C@H](OCc1ccc(O)cc1)C2. The largest absolute Gasteiger partial charge is 0.508 e. The van der Waals surface area contributed by atoms with Gasteiger partial charge in [0.15, 0.2) is 11.5 Å². The molecular formula is C17H18O5. The van der Waals surface area contributed by atoms with Gasteiger partial charge < -0.3 is 24.4 Å². The van der Waals surface area contributed by atoms with Crippen LogP contribution in [0.4, 0.5) is 0 Å². The zero-order valence-electron chi connectivity index (χ0n) is 12.3. The zero-order valence-corrected chi connectivity index (χ0v) is 12.3. The second kappa shape index (κ2) is 6.15. The maximum atomic E-state index is 9.75. The van der Waals surface area contributed by atoms with Gasteiger partial charge in [-0.1, -0.05) is 18.2 Å². The number of fused-ring (bicyclic) bond motifs is 1. The van der Waals surface area contributed by atoms with E-state index >= 15 is 0 Å². The summed E-state index contributed by atoms with van der Waals surface area (Å²) in [6.45, 7) is 0.865. The molecule has 0 radical (unpaired) electrons. The Labute approximate surface area is 128 Å². The molecule has 0 fully saturated rings. The van der Waals surface area contributed by atoms with Crippen LogP contribution in [-0.4, -0.2) is 30.0 Å². The van der Waals surface area contributed by atoms with E-state index < -0.39 is 0 Å². The molecule has 1 aliphatic rings. The maximum Gasteiger partial charge on any atom is 0.203 e. The molecule has 0 unspecified atom stereocenters. The lowest BCUT2D eigenvalue weighted by molar-refractivity contribution is 0.000127. The molecule has 0 aromatic heterocycles. The van der Waals surface area contributed by atoms with Crippen LogP contribution >= 0.6 is 0 Å². The second-order valence-electron chi connectivity index (χ2n) is 5.22. The average Bonchev–Trinajstić information content (AvgIpc) is 2.54. The van der Waals surface area contributed by atoms with Crippen LogP contribution in [0.1, 0.15) is 11.1 Å². The first-order chi connectivity index (χ1) is 10.7. The monoisotopic (exact) mass is 302 g/mol. The van der Waals surface area contributed by atoms with Gasteiger partial charge in [-0.25, -0.2) is 0 Å². The van der Waals surface area contributed by atoms with Crippen LogP contribution in [0.2, 0.25) is 0 Å². The minimum absolute atomic E-state index is 0.0597. The molecule has 1 atom stereocenters. The van der Waals surface area contributed by atoms with Crippen LogP contribution in [0.25, 0.3) is 0 Å². The molecule has 2 aromatic carbocycles. The maximum absolute atomic E-state index is 9.75. The third-order valence-corrected chi connectivity index (χ3v) is 3.66. The van der Waals surface area contributed by atoms with E-state index in [4.69, 9.17) is 14.2 Å². The summed E-state index contributed by atoms with van der Waals surface area (Å²) in [6, 6.07) is 10.4. The number of phenolic OH excluding ortho intramolecular Hbond substituents is 2. The van der Waals surface area contributed by atoms with Crippen LogP contribution in [0.15, 0.2) is 36.4 Å². The van der Waals surface area contributed by atoms with Crippen molar-refractivity contribution in [3.05, 3.63) is 47.5 Å². The normalized spacial score (nSPS) is 16.7. The van der Waals surface area contributed by atoms with Gasteiger partial charge in [-0.15, -0.1) is 0 Å². The van der Waals surface area contributed by atoms with Crippen molar-refractivity contribution in [2.45, 2.75) is 19.1 Å². The molecule has 1 heterocycles. The number of rotatable bonds is 4. The van der Waals surface area contributed by atoms with E-state index in [1.807, 2.05) is 18.2 Å². The van der Waals surface area contributed by atoms with Crippen molar-refractivity contribution >= 4 is 0 Å². The molecule has 3 rings (SSSR count). The lowest BCUT2D eigenvalue weighted by atomic mass is 10.0. The fourth-order valence-corrected chi connectivity index (χ4v) is 2.50. The third-order valence-electron chi connectivity index (χ3n) is 3.66. The Morgan fingerprint density at radius 1 is 1.14 bits per heavy atom. The van der Waals surface area contributed by atoms with Crippen molar-refractivity contribution < 1.29 is 24.4 Å². The highest BCUT2D eigenvalue weighted by atomic mass is 16.5. The highest BCUT2D eigenvalue weighted by Gasteiger charge is 2.25. The molecule has 5 nitrogen and oxygen atoms in total. The molecule has 116 valence electrons. The molecule has 1 aliphatic heterocycles. The summed E-state index contributed by atoms with van der Waals surface area (Å²) in [5.74, 6) is 1.27. The number of methoxy groups -OCH3 is 1. The van der Waals surface area contributed by atoms with Gasteiger partial charge in [0, 0.05) is 12.0 Å². The molecule has 5 heteroatoms. The average molecular weight is 302 g/mol. The van der Waals surface area contributed by atoms with Gasteiger partial charge in [0.05, 0.1) is 19.8 Å². The quantitative estimate of drug-likeness (QED) is 0.908. The number of benzene rings is 2. The molecule has 22 heavy (non-hydrogen) atoms. The van der Waals surface area contributed by atoms with Gasteiger partial charge in [-0.05, 0) is 23.8 Å². The Morgan fingerprint density at radius 2 is 1.91 bits per heavy atom. The van der Waals surface area contributed by atoms with E-state index in [0.29, 0.717) is 31.1 Å². The Balaban J connectivity index is 1.66. The highest BCUT2D eigenvalue weighted by molar-refractivity contribution is 5.55. The minimum atomic E-state index is -0.0597. The molecule has 2 aromatic rings. The van der Waals surface area contributed by atoms with Crippen LogP contribution < -0.4 is 9.47 Å². The molecular weight excluding hydrogens is 284 g/mol. The van der Waals surface area contributed by atoms with Gasteiger partial charge in [-0.3, -0.25) is 0 Å². The van der Waals surface area contributed by atoms with Crippen molar-refractivity contribution in [1.82, 2.24) is 0 Å². The first-order valence-corrected chi connectivity index (χ1v) is 7.08. The summed E-state index contributed by atoms with van der Waals surface area (Å²) in [7, 11) is 1.51. The Kier molecular flexibility index (Phi) is 4.06. The van der Waals surface area contributed by atoms with Crippen LogP contribution in [0.3, 0.4) is 0 Å². The van der Waals surface area contributed by atoms with E-state index in [1.54, 1.807) is 18.2 Å². The Hall–Kier alpha value is -2.40. The van der Waals surface area contributed by atoms with E-state index in [1.165, 1.54) is 7.11 Å². The summed E-state index contributed by atoms with van der Waals surface area (Å²) < 4.78 is 16.7. The lowest BCUT2D eigenvalue weighted by Gasteiger charge is -2.27. The second-order valence-corrected chi connectivity index (χ2v) is 5.22. The molecule has 0 saturated heterocycles. The van der Waals surface area contributed by atoms with Crippen molar-refractivity contribution in [3.8, 4) is 23.0 Å². The fourth-order valence-electron chi connectivity index (χ4n) is 2.50. The standard InChI is InChI=1S/C17H18O5/c1-20-17-15(19)7-4-12-8-14(10-22-16(12)17)21-9-11-2-5-13(18)6-3-11/h2-7,14,18-19H,8-10H2,1H3/t14-/m1/s1. The summed E-state index contributed by atoms with van der Waals surface area (Å²) in [6.07, 6.45) is 0.639. The first-order valence-electron chi connectivity index (χ1n) is 7.08. The molecule has 2 N–H and O–H groups in total. The van der Waals surface area contributed by atoms with Crippen LogP contribution in [0.5, 0.6) is 23.0 Å². The van der Waals surface area contributed by atoms with Crippen LogP contribution in [-0.2, 0) is 17.8 Å². The smallest absolute Gasteiger partial charge is 0.203 e. The zero-order chi connectivity index (χ0) is 15.5. The van der Waals surface area contributed by atoms with Crippen LogP contribution in [0, 0.1) is 0 Å². The van der Waals surface area contributed by atoms with Gasteiger partial charge in [0.25, 0.3) is 0 Å². The first kappa shape index (κ1) is 14.5. The summed E-state index contributed by atoms with van der Waals surface area (Å²) in [4.78, 5) is 0.